The van der Waals surface area contributed by atoms with Gasteiger partial charge in [-0.05, 0) is 56.2 Å². The van der Waals surface area contributed by atoms with Crippen molar-refractivity contribution in [3.8, 4) is 11.5 Å². The van der Waals surface area contributed by atoms with E-state index < -0.39 is 92.3 Å². The molecule has 1 N–H and O–H groups in total. The van der Waals surface area contributed by atoms with Crippen LogP contribution in [-0.4, -0.2) is 78.0 Å². The van der Waals surface area contributed by atoms with Crippen molar-refractivity contribution in [1.29, 1.82) is 0 Å². The van der Waals surface area contributed by atoms with Gasteiger partial charge in [-0.1, -0.05) is 54.1 Å². The lowest BCUT2D eigenvalue weighted by Crippen LogP contribution is -2.51. The fourth-order valence-electron chi connectivity index (χ4n) is 6.07. The van der Waals surface area contributed by atoms with Crippen LogP contribution < -0.4 is 10.2 Å². The van der Waals surface area contributed by atoms with Gasteiger partial charge in [-0.2, -0.15) is 0 Å². The number of halogens is 4. The Morgan fingerprint density at radius 3 is 2.44 bits per heavy atom. The lowest BCUT2D eigenvalue weighted by Gasteiger charge is -2.35. The molecule has 1 aromatic heterocycles. The standard InChI is InChI=1S/C36H35ClF3N5O8S/c1-35(2,3)53-33(47)41-27-19-54(49,50)29-14-26(38)25(13-28(29)45(32(27)46)16-21-9-11-24(37)12-10-21)31-43-42-30(52-31)23-15-36(39,40)20-44(17-23)34(48)51-18-22-7-5-4-6-8-22/h4-14,23,27H,15-20H2,1-3H3,(H,41,47)/t23?,27-/m0/s1. The summed E-state index contributed by atoms with van der Waals surface area (Å²) < 4.78 is 89.5. The summed E-state index contributed by atoms with van der Waals surface area (Å²) in [4.78, 5) is 40.9. The molecule has 54 heavy (non-hydrogen) atoms. The van der Waals surface area contributed by atoms with E-state index in [2.05, 4.69) is 15.5 Å². The smallest absolute Gasteiger partial charge is 0.410 e. The van der Waals surface area contributed by atoms with Gasteiger partial charge >= 0.3 is 12.2 Å². The van der Waals surface area contributed by atoms with Crippen molar-refractivity contribution >= 4 is 45.2 Å². The Balaban J connectivity index is 1.32. The summed E-state index contributed by atoms with van der Waals surface area (Å²) in [7, 11) is -4.46. The highest BCUT2D eigenvalue weighted by Crippen LogP contribution is 2.40. The van der Waals surface area contributed by atoms with Gasteiger partial charge in [-0.25, -0.2) is 31.2 Å². The molecule has 0 bridgehead atoms. The molecule has 0 aliphatic carbocycles. The highest BCUT2D eigenvalue weighted by molar-refractivity contribution is 7.91. The number of ether oxygens (including phenoxy) is 2. The second kappa shape index (κ2) is 14.9. The van der Waals surface area contributed by atoms with Crippen LogP contribution in [0.5, 0.6) is 0 Å². The molecule has 1 fully saturated rings. The van der Waals surface area contributed by atoms with Crippen molar-refractivity contribution in [2.75, 3.05) is 23.7 Å². The first-order valence-electron chi connectivity index (χ1n) is 16.7. The predicted molar refractivity (Wildman–Crippen MR) is 188 cm³/mol. The van der Waals surface area contributed by atoms with Crippen LogP contribution in [0.1, 0.15) is 50.1 Å². The fourth-order valence-corrected chi connectivity index (χ4v) is 7.81. The maximum Gasteiger partial charge on any atom is 0.410 e. The number of aromatic nitrogens is 2. The SMILES string of the molecule is CC(C)(C)OC(=O)N[C@H]1CS(=O)(=O)c2cc(F)c(-c3nnc(C4CN(C(=O)OCc5ccccc5)CC(F)(F)C4)o3)cc2N(Cc2ccc(Cl)cc2)C1=O. The first-order chi connectivity index (χ1) is 25.4. The lowest BCUT2D eigenvalue weighted by atomic mass is 9.95. The number of alkyl halides is 2. The molecule has 13 nitrogen and oxygen atoms in total. The number of nitrogens with zero attached hydrogens (tertiary/aromatic N) is 4. The first-order valence-corrected chi connectivity index (χ1v) is 18.7. The molecule has 18 heteroatoms. The van der Waals surface area contributed by atoms with E-state index in [-0.39, 0.29) is 31.3 Å². The number of hydrogen-bond acceptors (Lipinski definition) is 10. The second-order valence-electron chi connectivity index (χ2n) is 14.0. The maximum absolute atomic E-state index is 15.9. The number of fused-ring (bicyclic) bond motifs is 1. The normalized spacial score (nSPS) is 19.4. The topological polar surface area (TPSA) is 161 Å². The summed E-state index contributed by atoms with van der Waals surface area (Å²) in [5.41, 5.74) is -0.509. The van der Waals surface area contributed by atoms with E-state index in [1.165, 1.54) is 0 Å². The van der Waals surface area contributed by atoms with Crippen LogP contribution in [0.4, 0.5) is 28.4 Å². The highest BCUT2D eigenvalue weighted by atomic mass is 35.5. The van der Waals surface area contributed by atoms with Crippen LogP contribution in [0.3, 0.4) is 0 Å². The van der Waals surface area contributed by atoms with Crippen molar-refractivity contribution in [2.45, 2.75) is 68.7 Å². The molecule has 6 rings (SSSR count). The van der Waals surface area contributed by atoms with Gasteiger partial charge in [-0.15, -0.1) is 10.2 Å². The Kier molecular flexibility index (Phi) is 10.7. The monoisotopic (exact) mass is 789 g/mol. The number of nitrogens with one attached hydrogen (secondary N) is 1. The summed E-state index contributed by atoms with van der Waals surface area (Å²) in [6.07, 6.45) is -2.79. The molecule has 0 spiro atoms. The van der Waals surface area contributed by atoms with Crippen molar-refractivity contribution in [2.24, 2.45) is 0 Å². The summed E-state index contributed by atoms with van der Waals surface area (Å²) in [6, 6.07) is 15.1. The Hall–Kier alpha value is -5.16. The number of amides is 3. The van der Waals surface area contributed by atoms with Crippen molar-refractivity contribution in [3.63, 3.8) is 0 Å². The van der Waals surface area contributed by atoms with Gasteiger partial charge in [0.25, 0.3) is 17.7 Å². The number of carbonyl (C=O) groups is 3. The van der Waals surface area contributed by atoms with E-state index in [1.807, 2.05) is 0 Å². The van der Waals surface area contributed by atoms with Gasteiger partial charge in [-0.3, -0.25) is 4.79 Å². The molecule has 3 amide bonds. The molecule has 1 saturated heterocycles. The predicted octanol–water partition coefficient (Wildman–Crippen LogP) is 6.50. The van der Waals surface area contributed by atoms with Crippen LogP contribution in [0.25, 0.3) is 11.5 Å². The number of sulfone groups is 1. The molecular weight excluding hydrogens is 755 g/mol. The minimum Gasteiger partial charge on any atom is -0.445 e. The largest absolute Gasteiger partial charge is 0.445 e. The number of carbonyl (C=O) groups excluding carboxylic acids is 3. The minimum atomic E-state index is -4.46. The Morgan fingerprint density at radius 2 is 1.76 bits per heavy atom. The number of likely N-dealkylation sites (tertiary alicyclic amines) is 1. The van der Waals surface area contributed by atoms with E-state index in [1.54, 1.807) is 75.4 Å². The van der Waals surface area contributed by atoms with Crippen LogP contribution in [0, 0.1) is 5.82 Å². The second-order valence-corrected chi connectivity index (χ2v) is 16.4. The number of rotatable bonds is 7. The number of benzene rings is 3. The van der Waals surface area contributed by atoms with E-state index in [0.717, 1.165) is 15.9 Å². The maximum atomic E-state index is 15.9. The quantitative estimate of drug-likeness (QED) is 0.219. The van der Waals surface area contributed by atoms with E-state index in [9.17, 15) is 31.6 Å². The molecule has 4 aromatic rings. The first kappa shape index (κ1) is 38.6. The fraction of sp³-hybridized carbons (Fsp3) is 0.361. The van der Waals surface area contributed by atoms with Crippen molar-refractivity contribution < 1.29 is 49.9 Å². The zero-order chi connectivity index (χ0) is 39.0. The van der Waals surface area contributed by atoms with Gasteiger partial charge in [0, 0.05) is 18.0 Å². The molecular formula is C36H35ClF3N5O8S. The third-order valence-electron chi connectivity index (χ3n) is 8.46. The van der Waals surface area contributed by atoms with Crippen molar-refractivity contribution in [1.82, 2.24) is 20.4 Å². The Morgan fingerprint density at radius 1 is 1.06 bits per heavy atom. The Bertz CT molecular complexity index is 2160. The van der Waals surface area contributed by atoms with Crippen LogP contribution in [-0.2, 0) is 37.3 Å². The number of anilines is 1. The van der Waals surface area contributed by atoms with Crippen LogP contribution >= 0.6 is 11.6 Å². The number of piperidine rings is 1. The van der Waals surface area contributed by atoms with Crippen LogP contribution in [0.15, 0.2) is 76.0 Å². The highest BCUT2D eigenvalue weighted by Gasteiger charge is 2.45. The molecule has 2 atom stereocenters. The lowest BCUT2D eigenvalue weighted by molar-refractivity contribution is -0.120. The average molecular weight is 790 g/mol. The number of hydrogen-bond donors (Lipinski definition) is 1. The summed E-state index contributed by atoms with van der Waals surface area (Å²) >= 11 is 6.05. The minimum absolute atomic E-state index is 0.139. The van der Waals surface area contributed by atoms with Gasteiger partial charge in [0.15, 0.2) is 9.84 Å². The van der Waals surface area contributed by atoms with E-state index in [4.69, 9.17) is 25.5 Å². The average Bonchev–Trinajstić information content (AvgIpc) is 3.57. The third kappa shape index (κ3) is 8.95. The molecule has 286 valence electrons. The molecule has 0 saturated carbocycles. The zero-order valence-electron chi connectivity index (χ0n) is 29.2. The van der Waals surface area contributed by atoms with Crippen LogP contribution in [0.2, 0.25) is 5.02 Å². The van der Waals surface area contributed by atoms with E-state index >= 15 is 4.39 Å². The van der Waals surface area contributed by atoms with E-state index in [0.29, 0.717) is 22.2 Å². The summed E-state index contributed by atoms with van der Waals surface area (Å²) in [5.74, 6) is -8.27. The molecule has 3 heterocycles. The van der Waals surface area contributed by atoms with Gasteiger partial charge in [0.2, 0.25) is 5.89 Å². The molecule has 2 aliphatic heterocycles. The molecule has 1 unspecified atom stereocenters. The number of alkyl carbamates (subject to hydrolysis) is 1. The summed E-state index contributed by atoms with van der Waals surface area (Å²) in [6.45, 7) is 3.21. The van der Waals surface area contributed by atoms with Gasteiger partial charge in [0.1, 0.15) is 24.1 Å². The molecule has 0 radical (unpaired) electrons. The Labute approximate surface area is 313 Å². The van der Waals surface area contributed by atoms with Gasteiger partial charge < -0.3 is 29.0 Å². The molecule has 3 aromatic carbocycles. The van der Waals surface area contributed by atoms with Gasteiger partial charge in [0.05, 0.1) is 40.9 Å². The molecule has 2 aliphatic rings. The van der Waals surface area contributed by atoms with Crippen molar-refractivity contribution in [3.05, 3.63) is 94.6 Å². The third-order valence-corrected chi connectivity index (χ3v) is 10.5. The zero-order valence-corrected chi connectivity index (χ0v) is 30.8. The summed E-state index contributed by atoms with van der Waals surface area (Å²) in [5, 5.41) is 10.5.